The molecule has 3 aromatic carbocycles. The first kappa shape index (κ1) is 19.8. The topological polar surface area (TPSA) is 58.2 Å². The van der Waals surface area contributed by atoms with Crippen LogP contribution in [0.3, 0.4) is 0 Å². The number of nitrogens with one attached hydrogen (secondary N) is 2. The average Bonchev–Trinajstić information content (AvgIpc) is 3.54. The Bertz CT molecular complexity index is 1080. The predicted octanol–water partition coefficient (Wildman–Crippen LogP) is 4.64. The Morgan fingerprint density at radius 3 is 2.43 bits per heavy atom. The first-order valence-corrected chi connectivity index (χ1v) is 9.68. The molecule has 0 heterocycles. The third kappa shape index (κ3) is 4.71. The van der Waals surface area contributed by atoms with Crippen molar-refractivity contribution in [3.8, 4) is 0 Å². The molecule has 2 N–H and O–H groups in total. The maximum Gasteiger partial charge on any atom is 0.255 e. The van der Waals surface area contributed by atoms with Crippen LogP contribution in [0.1, 0.15) is 33.8 Å². The van der Waals surface area contributed by atoms with Gasteiger partial charge in [0.25, 0.3) is 5.91 Å². The second-order valence-corrected chi connectivity index (χ2v) is 7.38. The van der Waals surface area contributed by atoms with Gasteiger partial charge in [0.15, 0.2) is 0 Å². The minimum absolute atomic E-state index is 0.0430. The standard InChI is InChI=1S/C24H20F2N2O2/c25-18-9-7-16(8-10-18)21-13-22(21)24(30)27-14-15-3-1-6-20(11-15)28-23(29)17-4-2-5-19(26)12-17/h1-12,21-22H,13-14H2,(H,27,30)(H,28,29). The molecular formula is C24H20F2N2O2. The zero-order valence-electron chi connectivity index (χ0n) is 16.1. The normalized spacial score (nSPS) is 17.3. The second kappa shape index (κ2) is 8.45. The summed E-state index contributed by atoms with van der Waals surface area (Å²) in [6, 6.07) is 18.9. The van der Waals surface area contributed by atoms with Crippen LogP contribution in [0, 0.1) is 17.6 Å². The van der Waals surface area contributed by atoms with Gasteiger partial charge in [-0.05, 0) is 65.9 Å². The quantitative estimate of drug-likeness (QED) is 0.627. The molecule has 3 aromatic rings. The number of hydrogen-bond donors (Lipinski definition) is 2. The number of halogens is 2. The van der Waals surface area contributed by atoms with Crippen LogP contribution in [-0.2, 0) is 11.3 Å². The summed E-state index contributed by atoms with van der Waals surface area (Å²) in [5.74, 6) is -1.19. The van der Waals surface area contributed by atoms with E-state index in [0.717, 1.165) is 17.5 Å². The van der Waals surface area contributed by atoms with Crippen LogP contribution in [-0.4, -0.2) is 11.8 Å². The number of benzene rings is 3. The Labute approximate surface area is 172 Å². The van der Waals surface area contributed by atoms with Crippen molar-refractivity contribution < 1.29 is 18.4 Å². The molecule has 1 aliphatic rings. The molecule has 2 amide bonds. The Kier molecular flexibility index (Phi) is 5.57. The lowest BCUT2D eigenvalue weighted by atomic mass is 10.1. The number of carbonyl (C=O) groups is 2. The van der Waals surface area contributed by atoms with E-state index in [-0.39, 0.29) is 29.1 Å². The summed E-state index contributed by atoms with van der Waals surface area (Å²) in [5.41, 5.74) is 2.60. The highest BCUT2D eigenvalue weighted by Crippen LogP contribution is 2.47. The fraction of sp³-hybridized carbons (Fsp3) is 0.167. The van der Waals surface area contributed by atoms with Crippen molar-refractivity contribution >= 4 is 17.5 Å². The summed E-state index contributed by atoms with van der Waals surface area (Å²) >= 11 is 0. The van der Waals surface area contributed by atoms with E-state index in [0.29, 0.717) is 12.2 Å². The van der Waals surface area contributed by atoms with Crippen molar-refractivity contribution in [3.05, 3.63) is 101 Å². The van der Waals surface area contributed by atoms with Gasteiger partial charge in [-0.25, -0.2) is 8.78 Å². The van der Waals surface area contributed by atoms with E-state index >= 15 is 0 Å². The molecule has 2 unspecified atom stereocenters. The van der Waals surface area contributed by atoms with E-state index in [1.165, 1.54) is 36.4 Å². The van der Waals surface area contributed by atoms with Crippen molar-refractivity contribution in [1.29, 1.82) is 0 Å². The third-order valence-corrected chi connectivity index (χ3v) is 5.16. The van der Waals surface area contributed by atoms with Gasteiger partial charge in [-0.15, -0.1) is 0 Å². The second-order valence-electron chi connectivity index (χ2n) is 7.38. The van der Waals surface area contributed by atoms with E-state index in [1.807, 2.05) is 6.07 Å². The Morgan fingerprint density at radius 2 is 1.67 bits per heavy atom. The Balaban J connectivity index is 1.32. The molecule has 1 fully saturated rings. The lowest BCUT2D eigenvalue weighted by Gasteiger charge is -2.09. The van der Waals surface area contributed by atoms with Crippen LogP contribution in [0.15, 0.2) is 72.8 Å². The van der Waals surface area contributed by atoms with Crippen LogP contribution < -0.4 is 10.6 Å². The fourth-order valence-corrected chi connectivity index (χ4v) is 3.48. The monoisotopic (exact) mass is 406 g/mol. The van der Waals surface area contributed by atoms with Crippen LogP contribution in [0.4, 0.5) is 14.5 Å². The highest BCUT2D eigenvalue weighted by molar-refractivity contribution is 6.04. The molecule has 6 heteroatoms. The lowest BCUT2D eigenvalue weighted by molar-refractivity contribution is -0.122. The molecule has 1 saturated carbocycles. The molecule has 0 saturated heterocycles. The summed E-state index contributed by atoms with van der Waals surface area (Å²) in [4.78, 5) is 24.7. The number of anilines is 1. The molecule has 152 valence electrons. The molecule has 4 rings (SSSR count). The van der Waals surface area contributed by atoms with E-state index in [9.17, 15) is 18.4 Å². The highest BCUT2D eigenvalue weighted by atomic mass is 19.1. The van der Waals surface area contributed by atoms with Crippen molar-refractivity contribution in [3.63, 3.8) is 0 Å². The van der Waals surface area contributed by atoms with Crippen molar-refractivity contribution in [2.24, 2.45) is 5.92 Å². The van der Waals surface area contributed by atoms with E-state index < -0.39 is 11.7 Å². The van der Waals surface area contributed by atoms with Gasteiger partial charge in [-0.2, -0.15) is 0 Å². The fourth-order valence-electron chi connectivity index (χ4n) is 3.48. The van der Waals surface area contributed by atoms with E-state index in [1.54, 1.807) is 30.3 Å². The Hall–Kier alpha value is -3.54. The largest absolute Gasteiger partial charge is 0.352 e. The van der Waals surface area contributed by atoms with Crippen molar-refractivity contribution in [2.75, 3.05) is 5.32 Å². The summed E-state index contributed by atoms with van der Waals surface area (Å²) in [6.45, 7) is 0.329. The smallest absolute Gasteiger partial charge is 0.255 e. The van der Waals surface area contributed by atoms with Gasteiger partial charge in [0.1, 0.15) is 11.6 Å². The molecule has 0 bridgehead atoms. The number of carbonyl (C=O) groups excluding carboxylic acids is 2. The molecule has 4 nitrogen and oxygen atoms in total. The minimum atomic E-state index is -0.474. The summed E-state index contributed by atoms with van der Waals surface area (Å²) in [5, 5.41) is 5.65. The first-order chi connectivity index (χ1) is 14.5. The molecule has 0 aromatic heterocycles. The van der Waals surface area contributed by atoms with Crippen LogP contribution >= 0.6 is 0 Å². The minimum Gasteiger partial charge on any atom is -0.352 e. The highest BCUT2D eigenvalue weighted by Gasteiger charge is 2.43. The first-order valence-electron chi connectivity index (χ1n) is 9.68. The number of amides is 2. The average molecular weight is 406 g/mol. The summed E-state index contributed by atoms with van der Waals surface area (Å²) < 4.78 is 26.3. The number of rotatable bonds is 6. The van der Waals surface area contributed by atoms with Crippen molar-refractivity contribution in [1.82, 2.24) is 5.32 Å². The van der Waals surface area contributed by atoms with Crippen LogP contribution in [0.2, 0.25) is 0 Å². The summed E-state index contributed by atoms with van der Waals surface area (Å²) in [7, 11) is 0. The van der Waals surface area contributed by atoms with Gasteiger partial charge in [-0.3, -0.25) is 9.59 Å². The molecule has 0 spiro atoms. The molecule has 2 atom stereocenters. The van der Waals surface area contributed by atoms with Gasteiger partial charge in [0.05, 0.1) is 0 Å². The molecular weight excluding hydrogens is 386 g/mol. The Morgan fingerprint density at radius 1 is 0.900 bits per heavy atom. The van der Waals surface area contributed by atoms with Crippen LogP contribution in [0.25, 0.3) is 0 Å². The predicted molar refractivity (Wildman–Crippen MR) is 110 cm³/mol. The van der Waals surface area contributed by atoms with Gasteiger partial charge < -0.3 is 10.6 Å². The maximum absolute atomic E-state index is 13.3. The van der Waals surface area contributed by atoms with Gasteiger partial charge >= 0.3 is 0 Å². The molecule has 0 radical (unpaired) electrons. The van der Waals surface area contributed by atoms with Gasteiger partial charge in [0.2, 0.25) is 5.91 Å². The molecule has 1 aliphatic carbocycles. The summed E-state index contributed by atoms with van der Waals surface area (Å²) in [6.07, 6.45) is 0.751. The van der Waals surface area contributed by atoms with Gasteiger partial charge in [0, 0.05) is 23.7 Å². The zero-order chi connectivity index (χ0) is 21.1. The lowest BCUT2D eigenvalue weighted by Crippen LogP contribution is -2.25. The number of hydrogen-bond acceptors (Lipinski definition) is 2. The molecule has 0 aliphatic heterocycles. The van der Waals surface area contributed by atoms with Crippen LogP contribution in [0.5, 0.6) is 0 Å². The zero-order valence-corrected chi connectivity index (χ0v) is 16.1. The SMILES string of the molecule is O=C(Nc1cccc(CNC(=O)C2CC2c2ccc(F)cc2)c1)c1cccc(F)c1. The van der Waals surface area contributed by atoms with Gasteiger partial charge in [-0.1, -0.05) is 30.3 Å². The maximum atomic E-state index is 13.3. The van der Waals surface area contributed by atoms with E-state index in [4.69, 9.17) is 0 Å². The third-order valence-electron chi connectivity index (χ3n) is 5.16. The van der Waals surface area contributed by atoms with E-state index in [2.05, 4.69) is 10.6 Å². The van der Waals surface area contributed by atoms with Crippen molar-refractivity contribution in [2.45, 2.75) is 18.9 Å². The molecule has 30 heavy (non-hydrogen) atoms.